The molecule has 0 saturated heterocycles. The summed E-state index contributed by atoms with van der Waals surface area (Å²) >= 11 is 0. The summed E-state index contributed by atoms with van der Waals surface area (Å²) in [4.78, 5) is 22.1. The van der Waals surface area contributed by atoms with Crippen molar-refractivity contribution in [3.63, 3.8) is 0 Å². The number of benzene rings is 1. The summed E-state index contributed by atoms with van der Waals surface area (Å²) in [6.45, 7) is 1.30. The molecular weight excluding hydrogens is 275 g/mol. The SMILES string of the molecule is CC(=O)NNC(=O)CCc1ccc(-c2ccccc2F)o1. The van der Waals surface area contributed by atoms with Gasteiger partial charge in [-0.25, -0.2) is 4.39 Å². The zero-order chi connectivity index (χ0) is 15.2. The van der Waals surface area contributed by atoms with E-state index in [1.807, 2.05) is 0 Å². The number of aryl methyl sites for hydroxylation is 1. The van der Waals surface area contributed by atoms with Gasteiger partial charge in [-0.05, 0) is 24.3 Å². The van der Waals surface area contributed by atoms with Crippen molar-refractivity contribution in [2.24, 2.45) is 0 Å². The van der Waals surface area contributed by atoms with Gasteiger partial charge in [0.2, 0.25) is 11.8 Å². The first-order chi connectivity index (χ1) is 10.1. The van der Waals surface area contributed by atoms with Crippen molar-refractivity contribution in [2.45, 2.75) is 19.8 Å². The van der Waals surface area contributed by atoms with Crippen molar-refractivity contribution in [3.8, 4) is 11.3 Å². The van der Waals surface area contributed by atoms with E-state index in [4.69, 9.17) is 4.42 Å². The first-order valence-corrected chi connectivity index (χ1v) is 6.45. The number of rotatable bonds is 4. The lowest BCUT2D eigenvalue weighted by Crippen LogP contribution is -2.40. The second-order valence-electron chi connectivity index (χ2n) is 4.48. The van der Waals surface area contributed by atoms with E-state index in [1.54, 1.807) is 30.3 Å². The molecule has 5 nitrogen and oxygen atoms in total. The number of hydrazine groups is 1. The Balaban J connectivity index is 1.93. The van der Waals surface area contributed by atoms with Gasteiger partial charge in [-0.3, -0.25) is 20.4 Å². The largest absolute Gasteiger partial charge is 0.461 e. The Labute approximate surface area is 121 Å². The molecule has 0 spiro atoms. The zero-order valence-corrected chi connectivity index (χ0v) is 11.5. The molecule has 0 aliphatic carbocycles. The van der Waals surface area contributed by atoms with Crippen molar-refractivity contribution in [2.75, 3.05) is 0 Å². The molecule has 0 radical (unpaired) electrons. The molecule has 0 unspecified atom stereocenters. The summed E-state index contributed by atoms with van der Waals surface area (Å²) < 4.78 is 19.1. The summed E-state index contributed by atoms with van der Waals surface area (Å²) in [7, 11) is 0. The Morgan fingerprint density at radius 1 is 1.14 bits per heavy atom. The second-order valence-corrected chi connectivity index (χ2v) is 4.48. The van der Waals surface area contributed by atoms with Gasteiger partial charge in [0.25, 0.3) is 0 Å². The van der Waals surface area contributed by atoms with Gasteiger partial charge >= 0.3 is 0 Å². The van der Waals surface area contributed by atoms with Crippen LogP contribution in [0.2, 0.25) is 0 Å². The molecule has 0 aliphatic rings. The number of hydrogen-bond acceptors (Lipinski definition) is 3. The molecule has 21 heavy (non-hydrogen) atoms. The molecule has 1 aromatic heterocycles. The van der Waals surface area contributed by atoms with Crippen molar-refractivity contribution >= 4 is 11.8 Å². The maximum Gasteiger partial charge on any atom is 0.238 e. The van der Waals surface area contributed by atoms with Gasteiger partial charge in [0.15, 0.2) is 0 Å². The summed E-state index contributed by atoms with van der Waals surface area (Å²) in [5, 5.41) is 0. The molecule has 0 bridgehead atoms. The van der Waals surface area contributed by atoms with Gasteiger partial charge in [0.1, 0.15) is 17.3 Å². The van der Waals surface area contributed by atoms with Crippen LogP contribution >= 0.6 is 0 Å². The highest BCUT2D eigenvalue weighted by atomic mass is 19.1. The Bertz CT molecular complexity index is 652. The van der Waals surface area contributed by atoms with Crippen LogP contribution in [0.1, 0.15) is 19.1 Å². The number of nitrogens with one attached hydrogen (secondary N) is 2. The molecule has 0 fully saturated rings. The molecule has 2 N–H and O–H groups in total. The highest BCUT2D eigenvalue weighted by molar-refractivity contribution is 5.80. The van der Waals surface area contributed by atoms with Crippen LogP contribution in [-0.4, -0.2) is 11.8 Å². The van der Waals surface area contributed by atoms with Crippen LogP contribution in [-0.2, 0) is 16.0 Å². The van der Waals surface area contributed by atoms with Crippen LogP contribution in [0.5, 0.6) is 0 Å². The van der Waals surface area contributed by atoms with E-state index in [-0.39, 0.29) is 24.1 Å². The van der Waals surface area contributed by atoms with Crippen LogP contribution in [0.3, 0.4) is 0 Å². The van der Waals surface area contributed by atoms with Crippen LogP contribution in [0.4, 0.5) is 4.39 Å². The average molecular weight is 290 g/mol. The van der Waals surface area contributed by atoms with E-state index in [0.29, 0.717) is 23.5 Å². The number of carbonyl (C=O) groups excluding carboxylic acids is 2. The lowest BCUT2D eigenvalue weighted by molar-refractivity contribution is -0.127. The van der Waals surface area contributed by atoms with Crippen molar-refractivity contribution in [3.05, 3.63) is 48.0 Å². The molecule has 2 aromatic rings. The number of amides is 2. The third-order valence-corrected chi connectivity index (χ3v) is 2.78. The van der Waals surface area contributed by atoms with E-state index >= 15 is 0 Å². The first kappa shape index (κ1) is 14.8. The number of halogens is 1. The van der Waals surface area contributed by atoms with Crippen molar-refractivity contribution in [1.29, 1.82) is 0 Å². The molecule has 110 valence electrons. The molecule has 0 atom stereocenters. The number of furan rings is 1. The van der Waals surface area contributed by atoms with E-state index in [2.05, 4.69) is 10.9 Å². The third kappa shape index (κ3) is 4.17. The van der Waals surface area contributed by atoms with Crippen LogP contribution in [0, 0.1) is 5.82 Å². The molecule has 1 heterocycles. The monoisotopic (exact) mass is 290 g/mol. The number of carbonyl (C=O) groups is 2. The predicted molar refractivity (Wildman–Crippen MR) is 74.4 cm³/mol. The summed E-state index contributed by atoms with van der Waals surface area (Å²) in [6.07, 6.45) is 0.518. The van der Waals surface area contributed by atoms with Gasteiger partial charge in [-0.1, -0.05) is 12.1 Å². The Kier molecular flexibility index (Phi) is 4.71. The standard InChI is InChI=1S/C15H15FN2O3/c1-10(19)17-18-15(20)9-7-11-6-8-14(21-11)12-4-2-3-5-13(12)16/h2-6,8H,7,9H2,1H3,(H,17,19)(H,18,20). The van der Waals surface area contributed by atoms with Crippen molar-refractivity contribution in [1.82, 2.24) is 10.9 Å². The first-order valence-electron chi connectivity index (χ1n) is 6.45. The van der Waals surface area contributed by atoms with Crippen LogP contribution in [0.15, 0.2) is 40.8 Å². The Morgan fingerprint density at radius 2 is 1.90 bits per heavy atom. The van der Waals surface area contributed by atoms with E-state index in [9.17, 15) is 14.0 Å². The second kappa shape index (κ2) is 6.69. The topological polar surface area (TPSA) is 71.3 Å². The van der Waals surface area contributed by atoms with Crippen LogP contribution < -0.4 is 10.9 Å². The lowest BCUT2D eigenvalue weighted by atomic mass is 10.1. The van der Waals surface area contributed by atoms with Gasteiger partial charge < -0.3 is 4.42 Å². The molecular formula is C15H15FN2O3. The molecule has 6 heteroatoms. The minimum atomic E-state index is -0.359. The smallest absolute Gasteiger partial charge is 0.238 e. The van der Waals surface area contributed by atoms with Gasteiger partial charge in [-0.15, -0.1) is 0 Å². The maximum absolute atomic E-state index is 13.6. The maximum atomic E-state index is 13.6. The van der Waals surface area contributed by atoms with Crippen LogP contribution in [0.25, 0.3) is 11.3 Å². The fourth-order valence-electron chi connectivity index (χ4n) is 1.78. The molecule has 2 amide bonds. The van der Waals surface area contributed by atoms with E-state index in [1.165, 1.54) is 13.0 Å². The van der Waals surface area contributed by atoms with Gasteiger partial charge in [0, 0.05) is 19.8 Å². The summed E-state index contributed by atoms with van der Waals surface area (Å²) in [5.41, 5.74) is 4.84. The molecule has 2 rings (SSSR count). The molecule has 0 aliphatic heterocycles. The fraction of sp³-hybridized carbons (Fsp3) is 0.200. The fourth-order valence-corrected chi connectivity index (χ4v) is 1.78. The predicted octanol–water partition coefficient (Wildman–Crippen LogP) is 2.19. The Hall–Kier alpha value is -2.63. The van der Waals surface area contributed by atoms with Crippen molar-refractivity contribution < 1.29 is 18.4 Å². The average Bonchev–Trinajstić information content (AvgIpc) is 2.92. The molecule has 0 saturated carbocycles. The zero-order valence-electron chi connectivity index (χ0n) is 11.5. The molecule has 1 aromatic carbocycles. The van der Waals surface area contributed by atoms with E-state index in [0.717, 1.165) is 0 Å². The van der Waals surface area contributed by atoms with Gasteiger partial charge in [0.05, 0.1) is 5.56 Å². The van der Waals surface area contributed by atoms with Gasteiger partial charge in [-0.2, -0.15) is 0 Å². The lowest BCUT2D eigenvalue weighted by Gasteiger charge is -2.03. The Morgan fingerprint density at radius 3 is 2.62 bits per heavy atom. The number of hydrogen-bond donors (Lipinski definition) is 2. The highest BCUT2D eigenvalue weighted by Gasteiger charge is 2.10. The third-order valence-electron chi connectivity index (χ3n) is 2.78. The normalized spacial score (nSPS) is 10.2. The van der Waals surface area contributed by atoms with E-state index < -0.39 is 0 Å². The quantitative estimate of drug-likeness (QED) is 0.848. The minimum Gasteiger partial charge on any atom is -0.461 e. The highest BCUT2D eigenvalue weighted by Crippen LogP contribution is 2.25. The summed E-state index contributed by atoms with van der Waals surface area (Å²) in [6, 6.07) is 9.68. The minimum absolute atomic E-state index is 0.157. The summed E-state index contributed by atoms with van der Waals surface area (Å²) in [5.74, 6) is -0.0318.